The Morgan fingerprint density at radius 1 is 1.22 bits per heavy atom. The van der Waals surface area contributed by atoms with Crippen LogP contribution in [0.5, 0.6) is 0 Å². The average molecular weight is 265 g/mol. The van der Waals surface area contributed by atoms with E-state index in [4.69, 9.17) is 0 Å². The van der Waals surface area contributed by atoms with Gasteiger partial charge in [0.25, 0.3) is 0 Å². The summed E-state index contributed by atoms with van der Waals surface area (Å²) in [6.07, 6.45) is -2.75. The fourth-order valence-corrected chi connectivity index (χ4v) is 3.20. The highest BCUT2D eigenvalue weighted by atomic mass is 19.4. The minimum Gasteiger partial charge on any atom is -0.481 e. The third-order valence-electron chi connectivity index (χ3n) is 4.09. The van der Waals surface area contributed by atoms with Gasteiger partial charge in [0.15, 0.2) is 0 Å². The summed E-state index contributed by atoms with van der Waals surface area (Å²) in [5.41, 5.74) is -1.17. The van der Waals surface area contributed by atoms with Crippen molar-refractivity contribution in [3.8, 4) is 0 Å². The van der Waals surface area contributed by atoms with Crippen LogP contribution >= 0.6 is 0 Å². The van der Waals surface area contributed by atoms with Gasteiger partial charge in [-0.1, -0.05) is 12.8 Å². The topological polar surface area (TPSA) is 57.6 Å². The van der Waals surface area contributed by atoms with Gasteiger partial charge in [0.2, 0.25) is 0 Å². The molecular weight excluding hydrogens is 251 g/mol. The first kappa shape index (κ1) is 13.2. The van der Waals surface area contributed by atoms with Gasteiger partial charge in [-0.2, -0.15) is 13.2 Å². The van der Waals surface area contributed by atoms with Gasteiger partial charge in [-0.05, 0) is 19.3 Å². The van der Waals surface area contributed by atoms with Gasteiger partial charge in [-0.3, -0.25) is 9.59 Å². The molecule has 2 aliphatic rings. The molecule has 1 heterocycles. The van der Waals surface area contributed by atoms with Crippen molar-refractivity contribution >= 4 is 11.9 Å². The minimum atomic E-state index is -4.92. The van der Waals surface area contributed by atoms with Crippen LogP contribution in [0.1, 0.15) is 32.1 Å². The third kappa shape index (κ3) is 1.85. The standard InChI is InChI=1S/C11H14F3NO3/c12-11(13,14)8(16)15-6-5-10(9(17)18)4-2-1-3-7(10)15/h7H,1-6H2,(H,17,18)/t7-,10+/m0/s1. The number of halogens is 3. The van der Waals surface area contributed by atoms with Crippen LogP contribution < -0.4 is 0 Å². The highest BCUT2D eigenvalue weighted by molar-refractivity contribution is 5.85. The summed E-state index contributed by atoms with van der Waals surface area (Å²) in [4.78, 5) is 23.4. The molecule has 1 N–H and O–H groups in total. The molecule has 102 valence electrons. The van der Waals surface area contributed by atoms with E-state index in [1.54, 1.807) is 0 Å². The smallest absolute Gasteiger partial charge is 0.471 e. The van der Waals surface area contributed by atoms with Crippen LogP contribution in [-0.2, 0) is 9.59 Å². The number of likely N-dealkylation sites (tertiary alicyclic amines) is 1. The van der Waals surface area contributed by atoms with E-state index in [0.717, 1.165) is 0 Å². The number of carboxylic acid groups (broad SMARTS) is 1. The van der Waals surface area contributed by atoms with Crippen molar-refractivity contribution in [3.05, 3.63) is 0 Å². The van der Waals surface area contributed by atoms with Gasteiger partial charge in [-0.25, -0.2) is 0 Å². The number of rotatable bonds is 1. The first-order chi connectivity index (χ1) is 8.29. The Balaban J connectivity index is 2.27. The van der Waals surface area contributed by atoms with Crippen molar-refractivity contribution in [1.29, 1.82) is 0 Å². The van der Waals surface area contributed by atoms with Crippen LogP contribution in [-0.4, -0.2) is 40.6 Å². The molecule has 1 saturated heterocycles. The summed E-state index contributed by atoms with van der Waals surface area (Å²) in [6, 6.07) is -0.808. The molecule has 18 heavy (non-hydrogen) atoms. The molecule has 0 spiro atoms. The van der Waals surface area contributed by atoms with Crippen LogP contribution in [0.25, 0.3) is 0 Å². The first-order valence-corrected chi connectivity index (χ1v) is 5.90. The number of aliphatic carboxylic acids is 1. The molecule has 1 amide bonds. The lowest BCUT2D eigenvalue weighted by Crippen LogP contribution is -2.51. The zero-order valence-electron chi connectivity index (χ0n) is 9.66. The third-order valence-corrected chi connectivity index (χ3v) is 4.09. The normalized spacial score (nSPS) is 32.2. The second-order valence-corrected chi connectivity index (χ2v) is 4.97. The van der Waals surface area contributed by atoms with Gasteiger partial charge < -0.3 is 10.0 Å². The van der Waals surface area contributed by atoms with E-state index < -0.39 is 29.5 Å². The molecule has 1 saturated carbocycles. The molecule has 0 radical (unpaired) electrons. The average Bonchev–Trinajstić information content (AvgIpc) is 2.67. The molecule has 1 aliphatic heterocycles. The van der Waals surface area contributed by atoms with Crippen LogP contribution in [0, 0.1) is 5.41 Å². The Labute approximate surface area is 102 Å². The van der Waals surface area contributed by atoms with E-state index in [1.807, 2.05) is 0 Å². The summed E-state index contributed by atoms with van der Waals surface area (Å²) in [7, 11) is 0. The summed E-state index contributed by atoms with van der Waals surface area (Å²) in [5.74, 6) is -2.98. The minimum absolute atomic E-state index is 0.116. The molecular formula is C11H14F3NO3. The lowest BCUT2D eigenvalue weighted by Gasteiger charge is -2.38. The van der Waals surface area contributed by atoms with Crippen LogP contribution in [0.3, 0.4) is 0 Å². The Bertz CT molecular complexity index is 382. The fraction of sp³-hybridized carbons (Fsp3) is 0.818. The molecule has 4 nitrogen and oxygen atoms in total. The maximum absolute atomic E-state index is 12.4. The Morgan fingerprint density at radius 3 is 2.44 bits per heavy atom. The number of carbonyl (C=O) groups excluding carboxylic acids is 1. The zero-order valence-corrected chi connectivity index (χ0v) is 9.66. The molecule has 7 heteroatoms. The van der Waals surface area contributed by atoms with E-state index in [9.17, 15) is 27.9 Å². The molecule has 2 fully saturated rings. The quantitative estimate of drug-likeness (QED) is 0.786. The van der Waals surface area contributed by atoms with Crippen LogP contribution in [0.4, 0.5) is 13.2 Å². The molecule has 0 bridgehead atoms. The molecule has 0 aromatic carbocycles. The highest BCUT2D eigenvalue weighted by Crippen LogP contribution is 2.48. The predicted molar refractivity (Wildman–Crippen MR) is 54.7 cm³/mol. The summed E-state index contributed by atoms with van der Waals surface area (Å²) in [5, 5.41) is 9.28. The number of alkyl halides is 3. The van der Waals surface area contributed by atoms with Crippen molar-refractivity contribution in [2.45, 2.75) is 44.3 Å². The van der Waals surface area contributed by atoms with Crippen molar-refractivity contribution in [1.82, 2.24) is 4.90 Å². The monoisotopic (exact) mass is 265 g/mol. The van der Waals surface area contributed by atoms with Crippen LogP contribution in [0.2, 0.25) is 0 Å². The SMILES string of the molecule is O=C(N1CC[C@]2(C(=O)O)CCCC[C@H]12)C(F)(F)F. The van der Waals surface area contributed by atoms with Gasteiger partial charge in [-0.15, -0.1) is 0 Å². The Hall–Kier alpha value is -1.27. The van der Waals surface area contributed by atoms with E-state index in [0.29, 0.717) is 30.6 Å². The molecule has 2 atom stereocenters. The number of hydrogen-bond acceptors (Lipinski definition) is 2. The molecule has 0 aromatic heterocycles. The Morgan fingerprint density at radius 2 is 1.89 bits per heavy atom. The molecule has 0 aromatic rings. The number of fused-ring (bicyclic) bond motifs is 1. The van der Waals surface area contributed by atoms with Gasteiger partial charge in [0.1, 0.15) is 0 Å². The molecule has 0 unspecified atom stereocenters. The number of carbonyl (C=O) groups is 2. The van der Waals surface area contributed by atoms with Crippen molar-refractivity contribution < 1.29 is 27.9 Å². The summed E-state index contributed by atoms with van der Waals surface area (Å²) < 4.78 is 37.3. The maximum Gasteiger partial charge on any atom is 0.471 e. The highest BCUT2D eigenvalue weighted by Gasteiger charge is 2.58. The van der Waals surface area contributed by atoms with Gasteiger partial charge in [0.05, 0.1) is 5.41 Å². The van der Waals surface area contributed by atoms with Gasteiger partial charge in [0, 0.05) is 12.6 Å². The molecule has 2 rings (SSSR count). The molecule has 1 aliphatic carbocycles. The van der Waals surface area contributed by atoms with Crippen LogP contribution in [0.15, 0.2) is 0 Å². The van der Waals surface area contributed by atoms with Crippen molar-refractivity contribution in [2.24, 2.45) is 5.41 Å². The largest absolute Gasteiger partial charge is 0.481 e. The Kier molecular flexibility index (Phi) is 3.03. The number of nitrogens with zero attached hydrogens (tertiary/aromatic N) is 1. The zero-order chi connectivity index (χ0) is 13.6. The van der Waals surface area contributed by atoms with E-state index in [2.05, 4.69) is 0 Å². The number of amides is 1. The lowest BCUT2D eigenvalue weighted by molar-refractivity contribution is -0.188. The van der Waals surface area contributed by atoms with E-state index >= 15 is 0 Å². The summed E-state index contributed by atoms with van der Waals surface area (Å²) >= 11 is 0. The number of hydrogen-bond donors (Lipinski definition) is 1. The fourth-order valence-electron chi connectivity index (χ4n) is 3.20. The summed E-state index contributed by atoms with van der Waals surface area (Å²) in [6.45, 7) is -0.116. The second-order valence-electron chi connectivity index (χ2n) is 4.97. The van der Waals surface area contributed by atoms with Crippen molar-refractivity contribution in [2.75, 3.05) is 6.54 Å². The van der Waals surface area contributed by atoms with Gasteiger partial charge >= 0.3 is 18.1 Å². The maximum atomic E-state index is 12.4. The first-order valence-electron chi connectivity index (χ1n) is 5.90. The number of carboxylic acids is 1. The van der Waals surface area contributed by atoms with E-state index in [1.165, 1.54) is 0 Å². The van der Waals surface area contributed by atoms with E-state index in [-0.39, 0.29) is 13.0 Å². The second kappa shape index (κ2) is 4.13. The van der Waals surface area contributed by atoms with Crippen molar-refractivity contribution in [3.63, 3.8) is 0 Å². The lowest BCUT2D eigenvalue weighted by atomic mass is 9.70. The predicted octanol–water partition coefficient (Wildman–Crippen LogP) is 1.79.